The minimum absolute atomic E-state index is 0.135. The molecule has 0 spiro atoms. The summed E-state index contributed by atoms with van der Waals surface area (Å²) in [6.07, 6.45) is 0.0957. The number of halogens is 1. The van der Waals surface area contributed by atoms with Crippen LogP contribution in [0.4, 0.5) is 5.69 Å². The van der Waals surface area contributed by atoms with Crippen molar-refractivity contribution in [2.24, 2.45) is 0 Å². The lowest BCUT2D eigenvalue weighted by molar-refractivity contribution is -0.128. The van der Waals surface area contributed by atoms with E-state index in [0.717, 1.165) is 33.0 Å². The summed E-state index contributed by atoms with van der Waals surface area (Å²) in [6.45, 7) is 7.89. The van der Waals surface area contributed by atoms with Crippen LogP contribution in [0.2, 0.25) is 5.02 Å². The van der Waals surface area contributed by atoms with Crippen molar-refractivity contribution in [3.8, 4) is 11.5 Å². The van der Waals surface area contributed by atoms with Gasteiger partial charge >= 0.3 is 0 Å². The third-order valence-electron chi connectivity index (χ3n) is 5.55. The second kappa shape index (κ2) is 9.19. The van der Waals surface area contributed by atoms with Gasteiger partial charge in [0, 0.05) is 5.02 Å². The number of aryl methyl sites for hydroxylation is 1. The van der Waals surface area contributed by atoms with Crippen molar-refractivity contribution in [3.05, 3.63) is 52.0 Å². The number of ether oxygens (including phenoxy) is 2. The Kier molecular flexibility index (Phi) is 6.95. The first-order chi connectivity index (χ1) is 14.9. The van der Waals surface area contributed by atoms with Gasteiger partial charge in [0.25, 0.3) is 5.91 Å². The molecule has 0 aromatic heterocycles. The second-order valence-electron chi connectivity index (χ2n) is 8.35. The highest BCUT2D eigenvalue weighted by atomic mass is 35.5. The lowest BCUT2D eigenvalue weighted by Crippen LogP contribution is -2.50. The van der Waals surface area contributed by atoms with Crippen molar-refractivity contribution in [1.29, 1.82) is 0 Å². The molecule has 1 heterocycles. The van der Waals surface area contributed by atoms with Gasteiger partial charge in [0.15, 0.2) is 6.10 Å². The van der Waals surface area contributed by atoms with Gasteiger partial charge in [-0.15, -0.1) is 0 Å². The normalized spacial score (nSPS) is 16.9. The molecule has 0 fully saturated rings. The second-order valence-corrected chi connectivity index (χ2v) is 10.7. The Balaban J connectivity index is 1.86. The number of fused-ring (bicyclic) bond motifs is 1. The molecule has 0 unspecified atom stereocenters. The monoisotopic (exact) mass is 480 g/mol. The lowest BCUT2D eigenvalue weighted by Gasteiger charge is -2.34. The standard InChI is InChI=1S/C23H29ClN2O5S/c1-13(2)17-11-18(14(3)9-21(17)30-5)15(4)25-23(27)22-12-26(32(6,28)29)19-10-16(24)7-8-20(19)31-22/h7-11,13,15,22H,12H2,1-6H3,(H,25,27)/t15-,22+/m0/s1. The Labute approximate surface area is 194 Å². The summed E-state index contributed by atoms with van der Waals surface area (Å²) in [5.74, 6) is 0.963. The van der Waals surface area contributed by atoms with Crippen LogP contribution < -0.4 is 19.1 Å². The number of carbonyl (C=O) groups is 1. The Hall–Kier alpha value is -2.45. The van der Waals surface area contributed by atoms with Gasteiger partial charge in [-0.1, -0.05) is 25.4 Å². The summed E-state index contributed by atoms with van der Waals surface area (Å²) in [7, 11) is -1.99. The summed E-state index contributed by atoms with van der Waals surface area (Å²) < 4.78 is 37.2. The average molecular weight is 481 g/mol. The molecule has 0 bridgehead atoms. The van der Waals surface area contributed by atoms with Gasteiger partial charge < -0.3 is 14.8 Å². The van der Waals surface area contributed by atoms with Crippen molar-refractivity contribution in [2.75, 3.05) is 24.2 Å². The van der Waals surface area contributed by atoms with Crippen LogP contribution in [-0.2, 0) is 14.8 Å². The number of hydrogen-bond acceptors (Lipinski definition) is 5. The number of nitrogens with one attached hydrogen (secondary N) is 1. The molecular weight excluding hydrogens is 452 g/mol. The van der Waals surface area contributed by atoms with E-state index in [1.165, 1.54) is 6.07 Å². The maximum atomic E-state index is 13.1. The number of anilines is 1. The zero-order valence-corrected chi connectivity index (χ0v) is 20.7. The van der Waals surface area contributed by atoms with Crippen LogP contribution in [0.25, 0.3) is 0 Å². The van der Waals surface area contributed by atoms with Crippen LogP contribution in [-0.4, -0.2) is 40.3 Å². The number of sulfonamides is 1. The molecule has 1 aliphatic rings. The third-order valence-corrected chi connectivity index (χ3v) is 6.93. The molecule has 3 rings (SSSR count). The molecule has 174 valence electrons. The Bertz CT molecular complexity index is 1130. The first kappa shape index (κ1) is 24.2. The molecule has 0 radical (unpaired) electrons. The largest absolute Gasteiger partial charge is 0.496 e. The fraction of sp³-hybridized carbons (Fsp3) is 0.435. The molecule has 7 nitrogen and oxygen atoms in total. The number of methoxy groups -OCH3 is 1. The van der Waals surface area contributed by atoms with E-state index in [-0.39, 0.29) is 18.5 Å². The molecule has 2 aromatic carbocycles. The highest BCUT2D eigenvalue weighted by Gasteiger charge is 2.35. The molecule has 0 saturated heterocycles. The fourth-order valence-corrected chi connectivity index (χ4v) is 4.94. The summed E-state index contributed by atoms with van der Waals surface area (Å²) >= 11 is 6.03. The van der Waals surface area contributed by atoms with Crippen molar-refractivity contribution in [2.45, 2.75) is 45.8 Å². The van der Waals surface area contributed by atoms with Crippen molar-refractivity contribution in [1.82, 2.24) is 5.32 Å². The zero-order valence-electron chi connectivity index (χ0n) is 19.1. The molecule has 1 N–H and O–H groups in total. The molecule has 0 saturated carbocycles. The van der Waals surface area contributed by atoms with Gasteiger partial charge in [0.05, 0.1) is 31.6 Å². The Morgan fingerprint density at radius 3 is 2.50 bits per heavy atom. The fourth-order valence-electron chi connectivity index (χ4n) is 3.87. The molecule has 32 heavy (non-hydrogen) atoms. The van der Waals surface area contributed by atoms with Crippen molar-refractivity contribution < 1.29 is 22.7 Å². The highest BCUT2D eigenvalue weighted by molar-refractivity contribution is 7.92. The molecule has 0 aliphatic carbocycles. The number of benzene rings is 2. The van der Waals surface area contributed by atoms with E-state index in [0.29, 0.717) is 16.5 Å². The summed E-state index contributed by atoms with van der Waals surface area (Å²) in [5, 5.41) is 3.36. The smallest absolute Gasteiger partial charge is 0.263 e. The van der Waals surface area contributed by atoms with Gasteiger partial charge in [-0.25, -0.2) is 8.42 Å². The van der Waals surface area contributed by atoms with Crippen LogP contribution in [0, 0.1) is 6.92 Å². The average Bonchev–Trinajstić information content (AvgIpc) is 2.71. The van der Waals surface area contributed by atoms with Gasteiger partial charge in [0.1, 0.15) is 11.5 Å². The van der Waals surface area contributed by atoms with E-state index >= 15 is 0 Å². The molecule has 1 amide bonds. The van der Waals surface area contributed by atoms with E-state index < -0.39 is 22.0 Å². The predicted molar refractivity (Wildman–Crippen MR) is 126 cm³/mol. The minimum Gasteiger partial charge on any atom is -0.496 e. The SMILES string of the molecule is COc1cc(C)c([C@H](C)NC(=O)[C@H]2CN(S(C)(=O)=O)c3cc(Cl)ccc3O2)cc1C(C)C. The van der Waals surface area contributed by atoms with Crippen LogP contribution in [0.5, 0.6) is 11.5 Å². The van der Waals surface area contributed by atoms with Gasteiger partial charge in [0.2, 0.25) is 10.0 Å². The summed E-state index contributed by atoms with van der Waals surface area (Å²) in [6, 6.07) is 8.39. The van der Waals surface area contributed by atoms with E-state index in [1.807, 2.05) is 26.0 Å². The van der Waals surface area contributed by atoms with E-state index in [2.05, 4.69) is 19.2 Å². The maximum Gasteiger partial charge on any atom is 0.263 e. The quantitative estimate of drug-likeness (QED) is 0.670. The number of hydrogen-bond donors (Lipinski definition) is 1. The molecule has 2 aromatic rings. The van der Waals surface area contributed by atoms with Gasteiger partial charge in [-0.05, 0) is 66.8 Å². The van der Waals surface area contributed by atoms with Gasteiger partial charge in [-0.2, -0.15) is 0 Å². The highest BCUT2D eigenvalue weighted by Crippen LogP contribution is 2.37. The third kappa shape index (κ3) is 4.96. The Morgan fingerprint density at radius 1 is 1.22 bits per heavy atom. The number of carbonyl (C=O) groups excluding carboxylic acids is 1. The molecular formula is C23H29ClN2O5S. The first-order valence-electron chi connectivity index (χ1n) is 10.3. The zero-order chi connectivity index (χ0) is 23.8. The van der Waals surface area contributed by atoms with E-state index in [1.54, 1.807) is 19.2 Å². The van der Waals surface area contributed by atoms with E-state index in [9.17, 15) is 13.2 Å². The summed E-state index contributed by atoms with van der Waals surface area (Å²) in [4.78, 5) is 13.1. The minimum atomic E-state index is -3.63. The topological polar surface area (TPSA) is 84.9 Å². The van der Waals surface area contributed by atoms with E-state index in [4.69, 9.17) is 21.1 Å². The van der Waals surface area contributed by atoms with Crippen molar-refractivity contribution >= 4 is 33.2 Å². The predicted octanol–water partition coefficient (Wildman–Crippen LogP) is 4.18. The van der Waals surface area contributed by atoms with Crippen LogP contribution in [0.1, 0.15) is 49.4 Å². The van der Waals surface area contributed by atoms with Crippen LogP contribution >= 0.6 is 11.6 Å². The Morgan fingerprint density at radius 2 is 1.91 bits per heavy atom. The number of amides is 1. The molecule has 9 heteroatoms. The lowest BCUT2D eigenvalue weighted by atomic mass is 9.93. The number of rotatable bonds is 6. The van der Waals surface area contributed by atoms with Gasteiger partial charge in [-0.3, -0.25) is 9.10 Å². The van der Waals surface area contributed by atoms with Crippen LogP contribution in [0.15, 0.2) is 30.3 Å². The van der Waals surface area contributed by atoms with Crippen molar-refractivity contribution in [3.63, 3.8) is 0 Å². The first-order valence-corrected chi connectivity index (χ1v) is 12.6. The molecule has 1 aliphatic heterocycles. The maximum absolute atomic E-state index is 13.1. The molecule has 2 atom stereocenters. The van der Waals surface area contributed by atoms with Crippen LogP contribution in [0.3, 0.4) is 0 Å². The summed E-state index contributed by atoms with van der Waals surface area (Å²) in [5.41, 5.74) is 3.33. The number of nitrogens with zero attached hydrogens (tertiary/aromatic N) is 1.